The molecular weight excluding hydrogens is 320 g/mol. The lowest BCUT2D eigenvalue weighted by atomic mass is 9.44. The summed E-state index contributed by atoms with van der Waals surface area (Å²) in [5.41, 5.74) is 1.48. The lowest BCUT2D eigenvalue weighted by molar-refractivity contribution is -0.123. The second kappa shape index (κ2) is 5.58. The first-order valence-corrected chi connectivity index (χ1v) is 10.2. The molecule has 0 aromatic heterocycles. The smallest absolute Gasteiger partial charge is 0.156 e. The summed E-state index contributed by atoms with van der Waals surface area (Å²) in [7, 11) is 0. The standard InChI is InChI=1S/C21H31ClO2/c1-12(23)15-6-7-16-14-5-4-13-10-19(24)18(22)11-21(13,3)17(14)8-9-20(15,16)2/h6,13-14,16-19,24H,4-5,7-11H2,1-3H3/t13-,14-,16-,17-,18-,19-,20+,21-/m0/s1. The fourth-order valence-electron chi connectivity index (χ4n) is 7.35. The van der Waals surface area contributed by atoms with Crippen molar-refractivity contribution >= 4 is 17.4 Å². The maximum Gasteiger partial charge on any atom is 0.156 e. The molecule has 4 aliphatic carbocycles. The van der Waals surface area contributed by atoms with Crippen molar-refractivity contribution in [1.29, 1.82) is 0 Å². The van der Waals surface area contributed by atoms with E-state index in [-0.39, 0.29) is 28.1 Å². The van der Waals surface area contributed by atoms with Gasteiger partial charge in [-0.25, -0.2) is 0 Å². The van der Waals surface area contributed by atoms with Gasteiger partial charge in [0.1, 0.15) is 0 Å². The molecule has 0 spiro atoms. The predicted molar refractivity (Wildman–Crippen MR) is 96.9 cm³/mol. The highest BCUT2D eigenvalue weighted by Crippen LogP contribution is 2.66. The minimum atomic E-state index is -0.326. The average molecular weight is 351 g/mol. The summed E-state index contributed by atoms with van der Waals surface area (Å²) in [5.74, 6) is 2.96. The fourth-order valence-corrected chi connectivity index (χ4v) is 7.78. The monoisotopic (exact) mass is 350 g/mol. The van der Waals surface area contributed by atoms with Crippen LogP contribution in [0.4, 0.5) is 0 Å². The molecule has 4 rings (SSSR count). The number of carbonyl (C=O) groups is 1. The van der Waals surface area contributed by atoms with E-state index in [9.17, 15) is 9.90 Å². The Morgan fingerprint density at radius 1 is 1.25 bits per heavy atom. The summed E-state index contributed by atoms with van der Waals surface area (Å²) in [6.45, 7) is 6.54. The van der Waals surface area contributed by atoms with Gasteiger partial charge < -0.3 is 5.11 Å². The minimum absolute atomic E-state index is 0.0900. The van der Waals surface area contributed by atoms with Crippen molar-refractivity contribution in [3.63, 3.8) is 0 Å². The molecule has 0 radical (unpaired) electrons. The second-order valence-corrected chi connectivity index (χ2v) is 10.1. The van der Waals surface area contributed by atoms with Crippen molar-refractivity contribution in [3.05, 3.63) is 11.6 Å². The molecule has 0 aromatic carbocycles. The first-order chi connectivity index (χ1) is 11.3. The van der Waals surface area contributed by atoms with Gasteiger partial charge in [0.05, 0.1) is 11.5 Å². The molecule has 3 fully saturated rings. The summed E-state index contributed by atoms with van der Waals surface area (Å²) in [6.07, 6.45) is 9.69. The van der Waals surface area contributed by atoms with Gasteiger partial charge >= 0.3 is 0 Å². The topological polar surface area (TPSA) is 37.3 Å². The molecule has 3 heteroatoms. The number of alkyl halides is 1. The van der Waals surface area contributed by atoms with E-state index >= 15 is 0 Å². The van der Waals surface area contributed by atoms with Crippen LogP contribution in [0.15, 0.2) is 11.6 Å². The van der Waals surface area contributed by atoms with Gasteiger partial charge in [0, 0.05) is 0 Å². The van der Waals surface area contributed by atoms with Crippen molar-refractivity contribution in [2.45, 2.75) is 77.2 Å². The SMILES string of the molecule is CC(=O)C1=CC[C@H]2[C@@H]3CC[C@H]4C[C@H](O)[C@@H](Cl)C[C@]4(C)[C@H]3CC[C@]12C. The van der Waals surface area contributed by atoms with Crippen molar-refractivity contribution in [1.82, 2.24) is 0 Å². The van der Waals surface area contributed by atoms with E-state index in [1.54, 1.807) is 6.92 Å². The van der Waals surface area contributed by atoms with Gasteiger partial charge in [-0.1, -0.05) is 19.9 Å². The number of aliphatic hydroxyl groups is 1. The number of aliphatic hydroxyl groups excluding tert-OH is 1. The number of allylic oxidation sites excluding steroid dienone is 2. The van der Waals surface area contributed by atoms with Crippen LogP contribution in [0.5, 0.6) is 0 Å². The Hall–Kier alpha value is -0.340. The van der Waals surface area contributed by atoms with Crippen LogP contribution in [0.1, 0.15) is 65.7 Å². The first-order valence-electron chi connectivity index (χ1n) is 9.81. The highest BCUT2D eigenvalue weighted by Gasteiger charge is 2.59. The quantitative estimate of drug-likeness (QED) is 0.694. The van der Waals surface area contributed by atoms with Crippen LogP contribution < -0.4 is 0 Å². The Morgan fingerprint density at radius 3 is 2.71 bits per heavy atom. The largest absolute Gasteiger partial charge is 0.392 e. The molecule has 3 saturated carbocycles. The maximum atomic E-state index is 12.1. The molecule has 134 valence electrons. The molecule has 0 bridgehead atoms. The Balaban J connectivity index is 1.63. The molecule has 1 N–H and O–H groups in total. The van der Waals surface area contributed by atoms with E-state index in [2.05, 4.69) is 19.9 Å². The Labute approximate surface area is 151 Å². The van der Waals surface area contributed by atoms with E-state index in [0.717, 1.165) is 37.2 Å². The van der Waals surface area contributed by atoms with Gasteiger partial charge in [-0.05, 0) is 91.9 Å². The number of rotatable bonds is 1. The van der Waals surface area contributed by atoms with Crippen molar-refractivity contribution in [2.24, 2.45) is 34.5 Å². The Bertz CT molecular complexity index is 584. The van der Waals surface area contributed by atoms with E-state index in [1.807, 2.05) is 0 Å². The van der Waals surface area contributed by atoms with E-state index in [0.29, 0.717) is 17.8 Å². The molecule has 0 amide bonds. The third kappa shape index (κ3) is 2.21. The molecule has 0 unspecified atom stereocenters. The first kappa shape index (κ1) is 17.1. The van der Waals surface area contributed by atoms with Crippen molar-refractivity contribution in [3.8, 4) is 0 Å². The number of Topliss-reactive ketones (excluding diaryl/α,β-unsaturated/α-hetero) is 1. The van der Waals surface area contributed by atoms with E-state index < -0.39 is 0 Å². The van der Waals surface area contributed by atoms with Crippen LogP contribution in [0.25, 0.3) is 0 Å². The van der Waals surface area contributed by atoms with Crippen LogP contribution in [0.3, 0.4) is 0 Å². The van der Waals surface area contributed by atoms with Crippen molar-refractivity contribution < 1.29 is 9.90 Å². The van der Waals surface area contributed by atoms with Crippen LogP contribution in [0, 0.1) is 34.5 Å². The summed E-state index contributed by atoms with van der Waals surface area (Å²) in [5, 5.41) is 10.1. The molecule has 2 nitrogen and oxygen atoms in total. The van der Waals surface area contributed by atoms with Gasteiger partial charge in [-0.3, -0.25) is 4.79 Å². The lowest BCUT2D eigenvalue weighted by Gasteiger charge is -2.61. The molecule has 0 aromatic rings. The molecular formula is C21H31ClO2. The van der Waals surface area contributed by atoms with Gasteiger partial charge in [0.2, 0.25) is 0 Å². The Kier molecular flexibility index (Phi) is 3.97. The van der Waals surface area contributed by atoms with Gasteiger partial charge in [-0.2, -0.15) is 0 Å². The van der Waals surface area contributed by atoms with Crippen LogP contribution in [-0.4, -0.2) is 22.4 Å². The minimum Gasteiger partial charge on any atom is -0.392 e. The van der Waals surface area contributed by atoms with Gasteiger partial charge in [0.15, 0.2) is 5.78 Å². The zero-order valence-electron chi connectivity index (χ0n) is 15.2. The van der Waals surface area contributed by atoms with E-state index in [4.69, 9.17) is 11.6 Å². The maximum absolute atomic E-state index is 12.1. The van der Waals surface area contributed by atoms with E-state index in [1.165, 1.54) is 19.3 Å². The predicted octanol–water partition coefficient (Wildman–Crippen LogP) is 4.73. The van der Waals surface area contributed by atoms with Crippen LogP contribution >= 0.6 is 11.6 Å². The summed E-state index contributed by atoms with van der Waals surface area (Å²) < 4.78 is 0. The summed E-state index contributed by atoms with van der Waals surface area (Å²) in [6, 6.07) is 0. The molecule has 0 saturated heterocycles. The average Bonchev–Trinajstić information content (AvgIpc) is 2.86. The normalized spacial score (nSPS) is 53.6. The lowest BCUT2D eigenvalue weighted by Crippen LogP contribution is -2.55. The molecule has 24 heavy (non-hydrogen) atoms. The number of hydrogen-bond donors (Lipinski definition) is 1. The number of hydrogen-bond acceptors (Lipinski definition) is 2. The number of carbonyl (C=O) groups excluding carboxylic acids is 1. The zero-order valence-corrected chi connectivity index (χ0v) is 16.0. The fraction of sp³-hybridized carbons (Fsp3) is 0.857. The second-order valence-electron chi connectivity index (χ2n) is 9.55. The third-order valence-corrected chi connectivity index (χ3v) is 9.05. The highest BCUT2D eigenvalue weighted by molar-refractivity contribution is 6.21. The van der Waals surface area contributed by atoms with Crippen LogP contribution in [-0.2, 0) is 4.79 Å². The van der Waals surface area contributed by atoms with Crippen LogP contribution in [0.2, 0.25) is 0 Å². The molecule has 0 heterocycles. The highest BCUT2D eigenvalue weighted by atomic mass is 35.5. The third-order valence-electron chi connectivity index (χ3n) is 8.60. The van der Waals surface area contributed by atoms with Gasteiger partial charge in [-0.15, -0.1) is 11.6 Å². The molecule has 0 aliphatic heterocycles. The zero-order chi connectivity index (χ0) is 17.3. The number of fused-ring (bicyclic) bond motifs is 5. The molecule has 8 atom stereocenters. The summed E-state index contributed by atoms with van der Waals surface area (Å²) in [4.78, 5) is 12.1. The van der Waals surface area contributed by atoms with Crippen molar-refractivity contribution in [2.75, 3.05) is 0 Å². The molecule has 4 aliphatic rings. The van der Waals surface area contributed by atoms with Gasteiger partial charge in [0.25, 0.3) is 0 Å². The number of ketones is 1. The summed E-state index contributed by atoms with van der Waals surface area (Å²) >= 11 is 6.51. The number of halogens is 1. The Morgan fingerprint density at radius 2 is 2.00 bits per heavy atom.